The summed E-state index contributed by atoms with van der Waals surface area (Å²) in [6.45, 7) is 4.56. The first-order chi connectivity index (χ1) is 11.6. The van der Waals surface area contributed by atoms with Gasteiger partial charge in [0.1, 0.15) is 17.4 Å². The van der Waals surface area contributed by atoms with Crippen LogP contribution in [0.2, 0.25) is 0 Å². The van der Waals surface area contributed by atoms with Gasteiger partial charge in [-0.1, -0.05) is 25.1 Å². The summed E-state index contributed by atoms with van der Waals surface area (Å²) in [6.07, 6.45) is 2.92. The Morgan fingerprint density at radius 2 is 2.17 bits per heavy atom. The lowest BCUT2D eigenvalue weighted by Crippen LogP contribution is -2.46. The molecule has 0 unspecified atom stereocenters. The topological polar surface area (TPSA) is 62.6 Å². The lowest BCUT2D eigenvalue weighted by molar-refractivity contribution is -0.138. The second-order valence-corrected chi connectivity index (χ2v) is 6.41. The van der Waals surface area contributed by atoms with Gasteiger partial charge < -0.3 is 14.6 Å². The van der Waals surface area contributed by atoms with Crippen molar-refractivity contribution in [2.24, 2.45) is 0 Å². The first-order valence-corrected chi connectivity index (χ1v) is 8.68. The summed E-state index contributed by atoms with van der Waals surface area (Å²) in [7, 11) is 0. The van der Waals surface area contributed by atoms with Crippen LogP contribution in [-0.2, 0) is 9.59 Å². The van der Waals surface area contributed by atoms with Crippen molar-refractivity contribution in [1.29, 1.82) is 0 Å². The number of likely N-dealkylation sites (tertiary alicyclic amines) is 1. The largest absolute Gasteiger partial charge is 0.459 e. The van der Waals surface area contributed by atoms with E-state index in [1.165, 1.54) is 0 Å². The minimum absolute atomic E-state index is 0.0755. The summed E-state index contributed by atoms with van der Waals surface area (Å²) in [4.78, 5) is 26.5. The maximum atomic E-state index is 12.6. The minimum Gasteiger partial charge on any atom is -0.459 e. The summed E-state index contributed by atoms with van der Waals surface area (Å²) in [5.74, 6) is 0.713. The summed E-state index contributed by atoms with van der Waals surface area (Å²) < 4.78 is 5.81. The van der Waals surface area contributed by atoms with E-state index in [1.54, 1.807) is 4.90 Å². The van der Waals surface area contributed by atoms with Crippen LogP contribution in [0.15, 0.2) is 34.7 Å². The molecule has 1 aliphatic rings. The summed E-state index contributed by atoms with van der Waals surface area (Å²) in [6, 6.07) is 9.16. The van der Waals surface area contributed by atoms with Crippen LogP contribution in [0.25, 0.3) is 11.0 Å². The molecule has 0 aliphatic carbocycles. The van der Waals surface area contributed by atoms with Crippen molar-refractivity contribution < 1.29 is 14.0 Å². The Morgan fingerprint density at radius 3 is 2.92 bits per heavy atom. The average Bonchev–Trinajstić information content (AvgIpc) is 3.21. The van der Waals surface area contributed by atoms with Gasteiger partial charge in [-0.15, -0.1) is 0 Å². The van der Waals surface area contributed by atoms with Crippen molar-refractivity contribution in [1.82, 2.24) is 10.2 Å². The average molecular weight is 328 g/mol. The molecule has 1 aliphatic heterocycles. The number of carbonyl (C=O) groups excluding carboxylic acids is 2. The van der Waals surface area contributed by atoms with E-state index >= 15 is 0 Å². The zero-order valence-corrected chi connectivity index (χ0v) is 14.2. The Bertz CT molecular complexity index is 704. The van der Waals surface area contributed by atoms with Gasteiger partial charge in [-0.25, -0.2) is 0 Å². The summed E-state index contributed by atoms with van der Waals surface area (Å²) >= 11 is 0. The van der Waals surface area contributed by atoms with Gasteiger partial charge in [-0.2, -0.15) is 0 Å². The number of nitrogens with zero attached hydrogens (tertiary/aromatic N) is 1. The number of carbonyl (C=O) groups is 2. The van der Waals surface area contributed by atoms with Crippen LogP contribution in [0.1, 0.15) is 51.3 Å². The first-order valence-electron chi connectivity index (χ1n) is 8.68. The molecule has 24 heavy (non-hydrogen) atoms. The highest BCUT2D eigenvalue weighted by molar-refractivity contribution is 5.88. The number of hydrogen-bond donors (Lipinski definition) is 1. The number of nitrogens with one attached hydrogen (secondary N) is 1. The molecule has 1 fully saturated rings. The molecule has 1 saturated heterocycles. The van der Waals surface area contributed by atoms with Crippen LogP contribution < -0.4 is 5.32 Å². The van der Waals surface area contributed by atoms with Crippen LogP contribution in [0.4, 0.5) is 0 Å². The van der Waals surface area contributed by atoms with E-state index in [1.807, 2.05) is 44.2 Å². The number of rotatable bonds is 5. The number of para-hydroxylation sites is 1. The zero-order chi connectivity index (χ0) is 17.1. The predicted molar refractivity (Wildman–Crippen MR) is 92.4 cm³/mol. The highest BCUT2D eigenvalue weighted by atomic mass is 16.3. The van der Waals surface area contributed by atoms with Crippen molar-refractivity contribution in [3.05, 3.63) is 36.1 Å². The molecular formula is C19H24N2O3. The third kappa shape index (κ3) is 3.30. The predicted octanol–water partition coefficient (Wildman–Crippen LogP) is 3.40. The van der Waals surface area contributed by atoms with E-state index in [4.69, 9.17) is 4.42 Å². The molecule has 0 saturated carbocycles. The first kappa shape index (κ1) is 16.6. The van der Waals surface area contributed by atoms with Gasteiger partial charge in [-0.05, 0) is 38.3 Å². The quantitative estimate of drug-likeness (QED) is 0.915. The molecule has 2 amide bonds. The SMILES string of the molecule is CCCC(=O)N1CCC[C@@H]1C(=O)N[C@H](C)c1cc2ccccc2o1. The molecule has 1 N–H and O–H groups in total. The van der Waals surface area contributed by atoms with Crippen LogP contribution in [0, 0.1) is 0 Å². The van der Waals surface area contributed by atoms with Crippen molar-refractivity contribution in [2.45, 2.75) is 51.6 Å². The maximum absolute atomic E-state index is 12.6. The molecule has 0 spiro atoms. The van der Waals surface area contributed by atoms with Gasteiger partial charge in [0.15, 0.2) is 0 Å². The summed E-state index contributed by atoms with van der Waals surface area (Å²) in [5.41, 5.74) is 0.814. The second kappa shape index (κ2) is 7.07. The fourth-order valence-corrected chi connectivity index (χ4v) is 3.29. The van der Waals surface area contributed by atoms with Crippen LogP contribution in [-0.4, -0.2) is 29.3 Å². The van der Waals surface area contributed by atoms with Gasteiger partial charge >= 0.3 is 0 Å². The summed E-state index contributed by atoms with van der Waals surface area (Å²) in [5, 5.41) is 4.02. The minimum atomic E-state index is -0.351. The van der Waals surface area contributed by atoms with Crippen LogP contribution in [0.3, 0.4) is 0 Å². The molecule has 2 atom stereocenters. The molecule has 0 bridgehead atoms. The molecule has 3 rings (SSSR count). The Morgan fingerprint density at radius 1 is 1.38 bits per heavy atom. The fraction of sp³-hybridized carbons (Fsp3) is 0.474. The van der Waals surface area contributed by atoms with E-state index in [0.717, 1.165) is 36.0 Å². The Labute approximate surface area is 142 Å². The van der Waals surface area contributed by atoms with Crippen molar-refractivity contribution in [2.75, 3.05) is 6.54 Å². The van der Waals surface area contributed by atoms with E-state index in [2.05, 4.69) is 5.32 Å². The van der Waals surface area contributed by atoms with Crippen molar-refractivity contribution in [3.8, 4) is 0 Å². The molecule has 128 valence electrons. The Kier molecular flexibility index (Phi) is 4.88. The number of furan rings is 1. The zero-order valence-electron chi connectivity index (χ0n) is 14.2. The van der Waals surface area contributed by atoms with Gasteiger partial charge in [0.05, 0.1) is 6.04 Å². The normalized spacial score (nSPS) is 18.8. The van der Waals surface area contributed by atoms with E-state index in [0.29, 0.717) is 13.0 Å². The third-order valence-electron chi connectivity index (χ3n) is 4.57. The third-order valence-corrected chi connectivity index (χ3v) is 4.57. The van der Waals surface area contributed by atoms with Gasteiger partial charge in [0.2, 0.25) is 11.8 Å². The van der Waals surface area contributed by atoms with Crippen molar-refractivity contribution in [3.63, 3.8) is 0 Å². The number of hydrogen-bond acceptors (Lipinski definition) is 3. The molecule has 0 radical (unpaired) electrons. The van der Waals surface area contributed by atoms with Crippen LogP contribution >= 0.6 is 0 Å². The van der Waals surface area contributed by atoms with Crippen LogP contribution in [0.5, 0.6) is 0 Å². The number of fused-ring (bicyclic) bond motifs is 1. The van der Waals surface area contributed by atoms with Gasteiger partial charge in [0.25, 0.3) is 0 Å². The molecule has 2 aromatic rings. The highest BCUT2D eigenvalue weighted by Crippen LogP contribution is 2.25. The molecule has 5 nitrogen and oxygen atoms in total. The van der Waals surface area contributed by atoms with Gasteiger partial charge in [0, 0.05) is 18.4 Å². The fourth-order valence-electron chi connectivity index (χ4n) is 3.29. The standard InChI is InChI=1S/C19H24N2O3/c1-3-7-18(22)21-11-6-9-15(21)19(23)20-13(2)17-12-14-8-4-5-10-16(14)24-17/h4-5,8,10,12-13,15H,3,6-7,9,11H2,1-2H3,(H,20,23)/t13-,15-/m1/s1. The Hall–Kier alpha value is -2.30. The molecule has 1 aromatic heterocycles. The Balaban J connectivity index is 1.68. The van der Waals surface area contributed by atoms with Gasteiger partial charge in [-0.3, -0.25) is 9.59 Å². The smallest absolute Gasteiger partial charge is 0.243 e. The number of amides is 2. The maximum Gasteiger partial charge on any atom is 0.243 e. The molecule has 2 heterocycles. The lowest BCUT2D eigenvalue weighted by Gasteiger charge is -2.25. The molecule has 1 aromatic carbocycles. The van der Waals surface area contributed by atoms with E-state index in [-0.39, 0.29) is 23.9 Å². The second-order valence-electron chi connectivity index (χ2n) is 6.41. The lowest BCUT2D eigenvalue weighted by atomic mass is 10.1. The molecule has 5 heteroatoms. The monoisotopic (exact) mass is 328 g/mol. The molecular weight excluding hydrogens is 304 g/mol. The van der Waals surface area contributed by atoms with E-state index in [9.17, 15) is 9.59 Å². The van der Waals surface area contributed by atoms with Crippen molar-refractivity contribution >= 4 is 22.8 Å². The number of benzene rings is 1. The van der Waals surface area contributed by atoms with E-state index < -0.39 is 0 Å². The highest BCUT2D eigenvalue weighted by Gasteiger charge is 2.34.